The summed E-state index contributed by atoms with van der Waals surface area (Å²) in [5.41, 5.74) is 3.14. The van der Waals surface area contributed by atoms with Crippen LogP contribution < -0.4 is 9.91 Å². The number of benzene rings is 3. The number of hydrazone groups is 1. The van der Waals surface area contributed by atoms with E-state index in [1.807, 2.05) is 49.4 Å². The first kappa shape index (κ1) is 19.6. The fourth-order valence-electron chi connectivity index (χ4n) is 4.15. The third-order valence-corrected chi connectivity index (χ3v) is 5.74. The van der Waals surface area contributed by atoms with E-state index < -0.39 is 16.9 Å². The smallest absolute Gasteiger partial charge is 0.269 e. The number of fused-ring (bicyclic) bond motifs is 1. The van der Waals surface area contributed by atoms with Gasteiger partial charge in [0.1, 0.15) is 12.0 Å². The van der Waals surface area contributed by atoms with Crippen LogP contribution in [0.5, 0.6) is 0 Å². The summed E-state index contributed by atoms with van der Waals surface area (Å²) in [6.45, 7) is 1.93. The van der Waals surface area contributed by atoms with Crippen molar-refractivity contribution in [2.45, 2.75) is 13.0 Å². The molecule has 0 aromatic heterocycles. The first-order valence-corrected chi connectivity index (χ1v) is 10.1. The quantitative estimate of drug-likeness (QED) is 0.360. The number of nitro benzene ring substituents is 1. The summed E-state index contributed by atoms with van der Waals surface area (Å²) in [7, 11) is 0. The molecule has 2 amide bonds. The number of anilines is 2. The van der Waals surface area contributed by atoms with Crippen LogP contribution in [0.3, 0.4) is 0 Å². The van der Waals surface area contributed by atoms with Gasteiger partial charge in [-0.15, -0.1) is 0 Å². The molecule has 8 nitrogen and oxygen atoms in total. The summed E-state index contributed by atoms with van der Waals surface area (Å²) in [6.07, 6.45) is 0. The molecule has 32 heavy (non-hydrogen) atoms. The zero-order valence-corrected chi connectivity index (χ0v) is 17.1. The van der Waals surface area contributed by atoms with Gasteiger partial charge < -0.3 is 0 Å². The van der Waals surface area contributed by atoms with E-state index in [0.717, 1.165) is 5.56 Å². The number of para-hydroxylation sites is 1. The van der Waals surface area contributed by atoms with Crippen molar-refractivity contribution < 1.29 is 14.5 Å². The lowest BCUT2D eigenvalue weighted by Crippen LogP contribution is -2.39. The van der Waals surface area contributed by atoms with E-state index in [0.29, 0.717) is 22.6 Å². The van der Waals surface area contributed by atoms with Gasteiger partial charge in [-0.05, 0) is 48.9 Å². The summed E-state index contributed by atoms with van der Waals surface area (Å²) >= 11 is 0. The molecule has 8 heteroatoms. The van der Waals surface area contributed by atoms with Crippen LogP contribution in [0.4, 0.5) is 17.1 Å². The molecule has 0 bridgehead atoms. The van der Waals surface area contributed by atoms with E-state index in [1.165, 1.54) is 17.0 Å². The molecule has 0 aliphatic carbocycles. The number of nitro groups is 1. The standard InChI is InChI=1S/C24H18N4O4/c1-15-7-11-17(12-8-15)26-23(29)20-21(16-9-13-19(14-10-16)28(31)32)25-27(22(20)24(26)30)18-5-3-2-4-6-18/h2-14,20,22H,1H3/t20-,22+/m0/s1. The number of carbonyl (C=O) groups is 2. The number of imide groups is 1. The van der Waals surface area contributed by atoms with E-state index in [4.69, 9.17) is 0 Å². The van der Waals surface area contributed by atoms with Crippen LogP contribution in [0.2, 0.25) is 0 Å². The van der Waals surface area contributed by atoms with Crippen molar-refractivity contribution in [1.29, 1.82) is 0 Å². The molecule has 5 rings (SSSR count). The lowest BCUT2D eigenvalue weighted by molar-refractivity contribution is -0.384. The molecular weight excluding hydrogens is 408 g/mol. The van der Waals surface area contributed by atoms with Gasteiger partial charge >= 0.3 is 0 Å². The number of carbonyl (C=O) groups excluding carboxylic acids is 2. The van der Waals surface area contributed by atoms with Crippen LogP contribution in [-0.4, -0.2) is 28.5 Å². The van der Waals surface area contributed by atoms with Gasteiger partial charge in [0.25, 0.3) is 11.6 Å². The van der Waals surface area contributed by atoms with Crippen LogP contribution in [0, 0.1) is 23.0 Å². The molecule has 0 saturated carbocycles. The third kappa shape index (κ3) is 3.04. The molecule has 3 aromatic rings. The average molecular weight is 426 g/mol. The van der Waals surface area contributed by atoms with E-state index in [9.17, 15) is 19.7 Å². The Morgan fingerprint density at radius 3 is 2.12 bits per heavy atom. The molecule has 2 aliphatic heterocycles. The van der Waals surface area contributed by atoms with Gasteiger partial charge in [-0.2, -0.15) is 5.10 Å². The number of hydrogen-bond donors (Lipinski definition) is 0. The van der Waals surface area contributed by atoms with Crippen molar-refractivity contribution in [2.75, 3.05) is 9.91 Å². The minimum absolute atomic E-state index is 0.0566. The average Bonchev–Trinajstić information content (AvgIpc) is 3.32. The highest BCUT2D eigenvalue weighted by molar-refractivity contribution is 6.34. The fraction of sp³-hybridized carbons (Fsp3) is 0.125. The SMILES string of the molecule is Cc1ccc(N2C(=O)[C@H]3C(c4ccc([N+](=O)[O-])cc4)=NN(c4ccccc4)[C@H]3C2=O)cc1. The van der Waals surface area contributed by atoms with Gasteiger partial charge in [-0.25, -0.2) is 4.90 Å². The molecule has 0 unspecified atom stereocenters. The van der Waals surface area contributed by atoms with Gasteiger partial charge in [0, 0.05) is 12.1 Å². The minimum atomic E-state index is -0.823. The van der Waals surface area contributed by atoms with E-state index in [2.05, 4.69) is 5.10 Å². The summed E-state index contributed by atoms with van der Waals surface area (Å²) in [6, 6.07) is 21.4. The summed E-state index contributed by atoms with van der Waals surface area (Å²) < 4.78 is 0. The number of nitrogens with zero attached hydrogens (tertiary/aromatic N) is 4. The molecule has 2 aliphatic rings. The Morgan fingerprint density at radius 2 is 1.50 bits per heavy atom. The second kappa shape index (κ2) is 7.42. The Bertz CT molecular complexity index is 1250. The first-order valence-electron chi connectivity index (χ1n) is 10.1. The Balaban J connectivity index is 1.61. The Hall–Kier alpha value is -4.33. The number of amides is 2. The summed E-state index contributed by atoms with van der Waals surface area (Å²) in [5, 5.41) is 17.3. The topological polar surface area (TPSA) is 96.1 Å². The van der Waals surface area contributed by atoms with Crippen LogP contribution >= 0.6 is 0 Å². The van der Waals surface area contributed by atoms with Crippen molar-refractivity contribution in [3.8, 4) is 0 Å². The Morgan fingerprint density at radius 1 is 0.844 bits per heavy atom. The Labute approximate surface area is 183 Å². The predicted molar refractivity (Wildman–Crippen MR) is 120 cm³/mol. The largest absolute Gasteiger partial charge is 0.273 e. The predicted octanol–water partition coefficient (Wildman–Crippen LogP) is 3.69. The molecule has 0 spiro atoms. The van der Waals surface area contributed by atoms with E-state index >= 15 is 0 Å². The van der Waals surface area contributed by atoms with Crippen molar-refractivity contribution in [3.63, 3.8) is 0 Å². The number of hydrogen-bond acceptors (Lipinski definition) is 6. The minimum Gasteiger partial charge on any atom is -0.273 e. The van der Waals surface area contributed by atoms with Gasteiger partial charge in [0.2, 0.25) is 5.91 Å². The number of non-ortho nitro benzene ring substituents is 1. The van der Waals surface area contributed by atoms with Crippen molar-refractivity contribution in [2.24, 2.45) is 11.0 Å². The maximum atomic E-state index is 13.5. The van der Waals surface area contributed by atoms with Crippen molar-refractivity contribution in [1.82, 2.24) is 0 Å². The van der Waals surface area contributed by atoms with Crippen molar-refractivity contribution >= 4 is 34.6 Å². The third-order valence-electron chi connectivity index (χ3n) is 5.74. The highest BCUT2D eigenvalue weighted by atomic mass is 16.6. The maximum absolute atomic E-state index is 13.5. The molecule has 158 valence electrons. The van der Waals surface area contributed by atoms with Gasteiger partial charge in [-0.1, -0.05) is 35.9 Å². The molecule has 1 saturated heterocycles. The first-order chi connectivity index (χ1) is 15.5. The molecule has 0 N–H and O–H groups in total. The fourth-order valence-corrected chi connectivity index (χ4v) is 4.15. The lowest BCUT2D eigenvalue weighted by atomic mass is 9.92. The molecule has 3 aromatic carbocycles. The Kier molecular flexibility index (Phi) is 4.55. The van der Waals surface area contributed by atoms with Crippen molar-refractivity contribution in [3.05, 3.63) is 100 Å². The van der Waals surface area contributed by atoms with Crippen LogP contribution in [0.15, 0.2) is 84.0 Å². The molecule has 2 atom stereocenters. The summed E-state index contributed by atoms with van der Waals surface area (Å²) in [5.74, 6) is -1.53. The normalized spacial score (nSPS) is 19.8. The molecular formula is C24H18N4O4. The zero-order chi connectivity index (χ0) is 22.4. The van der Waals surface area contributed by atoms with Gasteiger partial charge in [0.15, 0.2) is 0 Å². The lowest BCUT2D eigenvalue weighted by Gasteiger charge is -2.22. The number of rotatable bonds is 4. The molecule has 0 radical (unpaired) electrons. The highest BCUT2D eigenvalue weighted by Gasteiger charge is 2.57. The molecule has 1 fully saturated rings. The van der Waals surface area contributed by atoms with E-state index in [-0.39, 0.29) is 17.5 Å². The van der Waals surface area contributed by atoms with Crippen LogP contribution in [0.1, 0.15) is 11.1 Å². The van der Waals surface area contributed by atoms with Crippen LogP contribution in [0.25, 0.3) is 0 Å². The molecule has 2 heterocycles. The van der Waals surface area contributed by atoms with Crippen LogP contribution in [-0.2, 0) is 9.59 Å². The summed E-state index contributed by atoms with van der Waals surface area (Å²) in [4.78, 5) is 38.8. The monoisotopic (exact) mass is 426 g/mol. The highest BCUT2D eigenvalue weighted by Crippen LogP contribution is 2.39. The van der Waals surface area contributed by atoms with Gasteiger partial charge in [-0.3, -0.25) is 24.7 Å². The van der Waals surface area contributed by atoms with E-state index in [1.54, 1.807) is 29.3 Å². The second-order valence-electron chi connectivity index (χ2n) is 7.74. The second-order valence-corrected chi connectivity index (χ2v) is 7.74. The van der Waals surface area contributed by atoms with Gasteiger partial charge in [0.05, 0.1) is 22.0 Å². The number of aryl methyl sites for hydroxylation is 1. The maximum Gasteiger partial charge on any atom is 0.269 e. The zero-order valence-electron chi connectivity index (χ0n) is 17.1.